The zero-order chi connectivity index (χ0) is 27.6. The Balaban J connectivity index is 1.52. The number of benzene rings is 2. The van der Waals surface area contributed by atoms with Crippen molar-refractivity contribution in [2.45, 2.75) is 74.8 Å². The van der Waals surface area contributed by atoms with Crippen LogP contribution in [0.1, 0.15) is 74.1 Å². The van der Waals surface area contributed by atoms with Gasteiger partial charge in [-0.2, -0.15) is 0 Å². The number of nitrogens with zero attached hydrogens (tertiary/aromatic N) is 2. The number of sulfone groups is 1. The topological polar surface area (TPSA) is 151 Å². The molecule has 2 amide bonds. The summed E-state index contributed by atoms with van der Waals surface area (Å²) in [5.74, 6) is -0.321. The average molecular weight is 541 g/mol. The Morgan fingerprint density at radius 1 is 1.16 bits per heavy atom. The Bertz CT molecular complexity index is 1470. The number of fused-ring (bicyclic) bond motifs is 2. The van der Waals surface area contributed by atoms with E-state index in [0.717, 1.165) is 0 Å². The summed E-state index contributed by atoms with van der Waals surface area (Å²) in [4.78, 5) is 32.4. The Morgan fingerprint density at radius 2 is 1.87 bits per heavy atom. The highest BCUT2D eigenvalue weighted by Gasteiger charge is 2.44. The summed E-state index contributed by atoms with van der Waals surface area (Å²) in [5.41, 5.74) is 5.73. The van der Waals surface area contributed by atoms with Gasteiger partial charge < -0.3 is 20.9 Å². The van der Waals surface area contributed by atoms with Crippen LogP contribution < -0.4 is 15.8 Å². The van der Waals surface area contributed by atoms with Crippen LogP contribution >= 0.6 is 0 Å². The van der Waals surface area contributed by atoms with Crippen LogP contribution in [0.5, 0.6) is 5.75 Å². The number of guanidine groups is 1. The predicted octanol–water partition coefficient (Wildman–Crippen LogP) is 2.23. The molecule has 5 rings (SSSR count). The smallest absolute Gasteiger partial charge is 0.251 e. The quantitative estimate of drug-likeness (QED) is 0.540. The minimum absolute atomic E-state index is 0.0283. The number of nitrogens with two attached hydrogens (primary N) is 1. The maximum absolute atomic E-state index is 13.5. The molecule has 0 aliphatic carbocycles. The first-order valence-electron chi connectivity index (χ1n) is 12.5. The second-order valence-corrected chi connectivity index (χ2v) is 13.3. The Hall–Kier alpha value is -3.44. The van der Waals surface area contributed by atoms with E-state index in [2.05, 4.69) is 10.3 Å². The van der Waals surface area contributed by atoms with Crippen LogP contribution in [-0.4, -0.2) is 59.2 Å². The summed E-state index contributed by atoms with van der Waals surface area (Å²) < 4.78 is 31.7. The van der Waals surface area contributed by atoms with Gasteiger partial charge in [-0.1, -0.05) is 18.2 Å². The molecule has 2 aromatic carbocycles. The molecule has 0 fully saturated rings. The number of aliphatic imine (C=N–C) groups is 1. The van der Waals surface area contributed by atoms with Crippen molar-refractivity contribution in [3.8, 4) is 5.75 Å². The first-order chi connectivity index (χ1) is 17.7. The number of rotatable bonds is 3. The number of ether oxygens (including phenoxy) is 1. The van der Waals surface area contributed by atoms with Crippen LogP contribution in [0.3, 0.4) is 0 Å². The van der Waals surface area contributed by atoms with E-state index in [4.69, 9.17) is 10.5 Å². The van der Waals surface area contributed by atoms with Gasteiger partial charge in [-0.25, -0.2) is 13.4 Å². The fourth-order valence-electron chi connectivity index (χ4n) is 5.48. The molecule has 10 nitrogen and oxygen atoms in total. The third-order valence-electron chi connectivity index (χ3n) is 7.40. The van der Waals surface area contributed by atoms with Crippen molar-refractivity contribution < 1.29 is 27.9 Å². The third kappa shape index (κ3) is 4.43. The van der Waals surface area contributed by atoms with Gasteiger partial charge in [0.25, 0.3) is 5.91 Å². The second-order valence-electron chi connectivity index (χ2n) is 11.2. The molecule has 0 unspecified atom stereocenters. The highest BCUT2D eigenvalue weighted by molar-refractivity contribution is 7.91. The molecule has 11 heteroatoms. The van der Waals surface area contributed by atoms with E-state index in [1.165, 1.54) is 23.1 Å². The van der Waals surface area contributed by atoms with Crippen molar-refractivity contribution in [3.05, 3.63) is 59.2 Å². The minimum atomic E-state index is -3.61. The maximum Gasteiger partial charge on any atom is 0.251 e. The summed E-state index contributed by atoms with van der Waals surface area (Å²) in [7, 11) is -3.61. The summed E-state index contributed by atoms with van der Waals surface area (Å²) in [5, 5.41) is 13.9. The molecule has 0 aromatic heterocycles. The molecule has 38 heavy (non-hydrogen) atoms. The first kappa shape index (κ1) is 26.2. The van der Waals surface area contributed by atoms with Crippen molar-refractivity contribution in [3.63, 3.8) is 0 Å². The predicted molar refractivity (Wildman–Crippen MR) is 140 cm³/mol. The summed E-state index contributed by atoms with van der Waals surface area (Å²) >= 11 is 0. The van der Waals surface area contributed by atoms with E-state index < -0.39 is 45.1 Å². The molecule has 3 aliphatic heterocycles. The van der Waals surface area contributed by atoms with Gasteiger partial charge in [-0.15, -0.1) is 0 Å². The highest BCUT2D eigenvalue weighted by atomic mass is 32.2. The van der Waals surface area contributed by atoms with Gasteiger partial charge >= 0.3 is 0 Å². The van der Waals surface area contributed by atoms with Gasteiger partial charge in [0.05, 0.1) is 34.7 Å². The lowest BCUT2D eigenvalue weighted by Gasteiger charge is -2.42. The van der Waals surface area contributed by atoms with Gasteiger partial charge in [0.1, 0.15) is 17.5 Å². The number of amides is 2. The van der Waals surface area contributed by atoms with Gasteiger partial charge in [-0.05, 0) is 63.9 Å². The van der Waals surface area contributed by atoms with Crippen LogP contribution in [0, 0.1) is 0 Å². The molecule has 3 aliphatic rings. The van der Waals surface area contributed by atoms with Crippen LogP contribution in [0.4, 0.5) is 0 Å². The van der Waals surface area contributed by atoms with E-state index >= 15 is 0 Å². The average Bonchev–Trinajstić information content (AvgIpc) is 2.81. The number of aliphatic hydroxyl groups excluding tert-OH is 1. The largest absolute Gasteiger partial charge is 0.485 e. The van der Waals surface area contributed by atoms with Crippen LogP contribution in [0.25, 0.3) is 0 Å². The molecule has 0 saturated heterocycles. The number of hydrogen-bond acceptors (Lipinski definition) is 8. The summed E-state index contributed by atoms with van der Waals surface area (Å²) in [6.07, 6.45) is -0.788. The van der Waals surface area contributed by atoms with Crippen LogP contribution in [0.15, 0.2) is 52.4 Å². The number of hydrogen-bond donors (Lipinski definition) is 3. The zero-order valence-corrected chi connectivity index (χ0v) is 22.6. The van der Waals surface area contributed by atoms with Crippen LogP contribution in [0.2, 0.25) is 0 Å². The molecule has 0 spiro atoms. The lowest BCUT2D eigenvalue weighted by atomic mass is 9.86. The van der Waals surface area contributed by atoms with Gasteiger partial charge in [0.2, 0.25) is 5.91 Å². The fraction of sp³-hybridized carbons (Fsp3) is 0.444. The Kier molecular flexibility index (Phi) is 6.07. The number of aliphatic hydroxyl groups is 1. The molecule has 0 saturated carbocycles. The lowest BCUT2D eigenvalue weighted by Crippen LogP contribution is -2.53. The molecule has 4 N–H and O–H groups in total. The number of carbonyl (C=O) groups is 2. The van der Waals surface area contributed by atoms with Crippen molar-refractivity contribution in [1.29, 1.82) is 0 Å². The van der Waals surface area contributed by atoms with E-state index in [1.54, 1.807) is 45.9 Å². The van der Waals surface area contributed by atoms with E-state index in [0.29, 0.717) is 16.9 Å². The molecule has 0 bridgehead atoms. The van der Waals surface area contributed by atoms with Gasteiger partial charge in [0.15, 0.2) is 15.8 Å². The molecule has 0 radical (unpaired) electrons. The maximum atomic E-state index is 13.5. The van der Waals surface area contributed by atoms with Crippen molar-refractivity contribution in [2.75, 3.05) is 5.75 Å². The summed E-state index contributed by atoms with van der Waals surface area (Å²) in [6, 6.07) is 10.1. The molecular formula is C27H32N4O6S. The second kappa shape index (κ2) is 8.81. The van der Waals surface area contributed by atoms with Crippen LogP contribution in [-0.2, 0) is 14.6 Å². The van der Waals surface area contributed by atoms with Crippen molar-refractivity contribution in [2.24, 2.45) is 10.7 Å². The molecule has 3 heterocycles. The first-order valence-corrected chi connectivity index (χ1v) is 14.2. The van der Waals surface area contributed by atoms with Crippen molar-refractivity contribution >= 4 is 27.6 Å². The van der Waals surface area contributed by atoms with Gasteiger partial charge in [0, 0.05) is 11.1 Å². The monoisotopic (exact) mass is 540 g/mol. The zero-order valence-electron chi connectivity index (χ0n) is 21.8. The normalized spacial score (nSPS) is 26.9. The van der Waals surface area contributed by atoms with Crippen molar-refractivity contribution in [1.82, 2.24) is 10.2 Å². The third-order valence-corrected chi connectivity index (χ3v) is 9.21. The SMILES string of the molecule is CC1(C)CC(=O)N([C@@H]2CCS(=O)(=O)c3ccc(C(=O)N[C@@H]4c5ccccc5OC(C)(C)[C@H]4O)cc32)C(N)=N1. The number of nitrogens with one attached hydrogen (secondary N) is 1. The Labute approximate surface area is 221 Å². The molecule has 202 valence electrons. The summed E-state index contributed by atoms with van der Waals surface area (Å²) in [6.45, 7) is 7.09. The molecule has 2 aromatic rings. The van der Waals surface area contributed by atoms with Gasteiger partial charge in [-0.3, -0.25) is 14.5 Å². The minimum Gasteiger partial charge on any atom is -0.485 e. The molecule has 3 atom stereocenters. The van der Waals surface area contributed by atoms with E-state index in [9.17, 15) is 23.1 Å². The highest BCUT2D eigenvalue weighted by Crippen LogP contribution is 2.41. The number of carbonyl (C=O) groups excluding carboxylic acids is 2. The fourth-order valence-corrected chi connectivity index (χ4v) is 7.06. The van der Waals surface area contributed by atoms with E-state index in [-0.39, 0.29) is 40.9 Å². The molecular weight excluding hydrogens is 508 g/mol. The lowest BCUT2D eigenvalue weighted by molar-refractivity contribution is -0.131. The standard InChI is InChI=1S/C27H32N4O6S/c1-26(2)14-21(32)31(25(28)30-26)18-11-12-38(35,36)20-10-9-15(13-17(18)20)24(34)29-22-16-7-5-6-8-19(16)37-27(3,4)23(22)33/h5-10,13,18,22-23,33H,11-12,14H2,1-4H3,(H2,28,30)(H,29,34)/t18-,22-,23+/m1/s1. The Morgan fingerprint density at radius 3 is 2.58 bits per heavy atom. The van der Waals surface area contributed by atoms with E-state index in [1.807, 2.05) is 6.07 Å². The number of para-hydroxylation sites is 1.